The van der Waals surface area contributed by atoms with Crippen molar-refractivity contribution in [3.63, 3.8) is 0 Å². The van der Waals surface area contributed by atoms with E-state index in [4.69, 9.17) is 0 Å². The van der Waals surface area contributed by atoms with Crippen molar-refractivity contribution >= 4 is 0 Å². The molecule has 0 aromatic rings. The van der Waals surface area contributed by atoms with Gasteiger partial charge in [0.1, 0.15) is 0 Å². The van der Waals surface area contributed by atoms with Crippen LogP contribution in [0.15, 0.2) is 0 Å². The molecule has 0 aliphatic rings. The van der Waals surface area contributed by atoms with E-state index in [9.17, 15) is 13.2 Å². The van der Waals surface area contributed by atoms with Crippen LogP contribution in [-0.4, -0.2) is 44.3 Å². The van der Waals surface area contributed by atoms with Crippen molar-refractivity contribution in [3.8, 4) is 0 Å². The van der Waals surface area contributed by atoms with Crippen molar-refractivity contribution in [2.45, 2.75) is 6.18 Å². The Morgan fingerprint density at radius 3 is 2.31 bits per heavy atom. The molecular weight excluding hydrogens is 407 g/mol. The van der Waals surface area contributed by atoms with Gasteiger partial charge in [0.15, 0.2) is 0 Å². The summed E-state index contributed by atoms with van der Waals surface area (Å²) in [5.74, 6) is 0. The molecular formula is C7H14F3N2U-. The summed E-state index contributed by atoms with van der Waals surface area (Å²) in [6.45, 7) is 4.11. The van der Waals surface area contributed by atoms with Crippen LogP contribution in [0.4, 0.5) is 13.2 Å². The molecule has 1 N–H and O–H groups in total. The second-order valence-corrected chi connectivity index (χ2v) is 2.60. The summed E-state index contributed by atoms with van der Waals surface area (Å²) >= 11 is 0. The molecule has 0 aromatic heterocycles. The van der Waals surface area contributed by atoms with Crippen molar-refractivity contribution in [1.29, 1.82) is 0 Å². The molecule has 0 radical (unpaired) electrons. The number of rotatable bonds is 5. The van der Waals surface area contributed by atoms with Gasteiger partial charge in [0.2, 0.25) is 0 Å². The summed E-state index contributed by atoms with van der Waals surface area (Å²) < 4.78 is 35.2. The molecule has 0 spiro atoms. The topological polar surface area (TPSA) is 15.3 Å². The number of hydrogen-bond donors (Lipinski definition) is 1. The maximum Gasteiger partial charge on any atom is 0.401 e. The molecule has 0 fully saturated rings. The molecule has 0 aliphatic heterocycles. The number of halogens is 3. The Morgan fingerprint density at radius 1 is 1.38 bits per heavy atom. The van der Waals surface area contributed by atoms with E-state index >= 15 is 0 Å². The fourth-order valence-electron chi connectivity index (χ4n) is 0.780. The second kappa shape index (κ2) is 8.10. The average molecular weight is 421 g/mol. The Kier molecular flexibility index (Phi) is 10.1. The van der Waals surface area contributed by atoms with Gasteiger partial charge >= 0.3 is 6.18 Å². The van der Waals surface area contributed by atoms with Gasteiger partial charge in [-0.25, -0.2) is 0 Å². The van der Waals surface area contributed by atoms with Gasteiger partial charge in [0.05, 0.1) is 6.54 Å². The van der Waals surface area contributed by atoms with Gasteiger partial charge in [0.25, 0.3) is 0 Å². The first-order chi connectivity index (χ1) is 5.45. The Hall–Kier alpha value is 0.762. The molecule has 13 heavy (non-hydrogen) atoms. The fourth-order valence-corrected chi connectivity index (χ4v) is 0.780. The summed E-state index contributed by atoms with van der Waals surface area (Å²) in [5, 5.41) is 2.84. The van der Waals surface area contributed by atoms with Crippen molar-refractivity contribution in [2.24, 2.45) is 0 Å². The molecule has 2 nitrogen and oxygen atoms in total. The van der Waals surface area contributed by atoms with E-state index in [1.54, 1.807) is 0 Å². The molecule has 0 atom stereocenters. The van der Waals surface area contributed by atoms with Gasteiger partial charge in [-0.3, -0.25) is 4.90 Å². The van der Waals surface area contributed by atoms with Crippen LogP contribution in [0.3, 0.4) is 0 Å². The third kappa shape index (κ3) is 12.8. The van der Waals surface area contributed by atoms with Crippen LogP contribution < -0.4 is 5.32 Å². The Morgan fingerprint density at radius 2 is 1.92 bits per heavy atom. The fraction of sp³-hybridized carbons (Fsp3) is 0.857. The number of nitrogens with one attached hydrogen (secondary N) is 1. The van der Waals surface area contributed by atoms with Crippen LogP contribution in [0.5, 0.6) is 0 Å². The number of likely N-dealkylation sites (N-methyl/N-ethyl adjacent to an activating group) is 1. The molecule has 0 unspecified atom stereocenters. The monoisotopic (exact) mass is 421 g/mol. The van der Waals surface area contributed by atoms with E-state index in [0.717, 1.165) is 0 Å². The van der Waals surface area contributed by atoms with Crippen LogP contribution in [-0.2, 0) is 0 Å². The molecule has 0 aliphatic carbocycles. The molecule has 0 saturated carbocycles. The number of hydrogen-bond acceptors (Lipinski definition) is 2. The van der Waals surface area contributed by atoms with E-state index in [1.807, 2.05) is 0 Å². The summed E-state index contributed by atoms with van der Waals surface area (Å²) in [6, 6.07) is 0. The van der Waals surface area contributed by atoms with E-state index in [2.05, 4.69) is 12.2 Å². The zero-order chi connectivity index (χ0) is 9.61. The molecule has 0 rings (SSSR count). The molecule has 0 bridgehead atoms. The van der Waals surface area contributed by atoms with Gasteiger partial charge in [-0.05, 0) is 7.05 Å². The Bertz CT molecular complexity index is 119. The Labute approximate surface area is 101 Å². The first kappa shape index (κ1) is 16.2. The first-order valence-electron chi connectivity index (χ1n) is 3.71. The standard InChI is InChI=1S/C7H14F3N2.U/c1-3-11-4-5-12(2)6-7(8,9)10;/h11H,1,3-6H2,2H3;/q-1;. The maximum absolute atomic E-state index is 11.7. The van der Waals surface area contributed by atoms with Gasteiger partial charge in [-0.1, -0.05) is 0 Å². The summed E-state index contributed by atoms with van der Waals surface area (Å²) in [7, 11) is 1.44. The van der Waals surface area contributed by atoms with Crippen molar-refractivity contribution in [3.05, 3.63) is 6.92 Å². The predicted molar refractivity (Wildman–Crippen MR) is 41.8 cm³/mol. The smallest absolute Gasteiger partial charge is 0.345 e. The largest absolute Gasteiger partial charge is 0.401 e. The second-order valence-electron chi connectivity index (χ2n) is 2.60. The molecule has 0 saturated heterocycles. The van der Waals surface area contributed by atoms with E-state index in [0.29, 0.717) is 19.6 Å². The van der Waals surface area contributed by atoms with Crippen LogP contribution in [0, 0.1) is 38.0 Å². The van der Waals surface area contributed by atoms with Gasteiger partial charge < -0.3 is 12.2 Å². The molecule has 6 heteroatoms. The minimum Gasteiger partial charge on any atom is -0.345 e. The summed E-state index contributed by atoms with van der Waals surface area (Å²) in [6.07, 6.45) is -4.10. The Balaban J connectivity index is 0. The maximum atomic E-state index is 11.7. The zero-order valence-electron chi connectivity index (χ0n) is 7.62. The first-order valence-corrected chi connectivity index (χ1v) is 3.71. The van der Waals surface area contributed by atoms with Crippen molar-refractivity contribution in [2.75, 3.05) is 33.2 Å². The molecule has 78 valence electrons. The summed E-state index contributed by atoms with van der Waals surface area (Å²) in [5.41, 5.74) is 0. The van der Waals surface area contributed by atoms with Gasteiger partial charge in [-0.2, -0.15) is 13.2 Å². The molecule has 0 amide bonds. The third-order valence-electron chi connectivity index (χ3n) is 1.30. The minimum absolute atomic E-state index is 0. The third-order valence-corrected chi connectivity index (χ3v) is 1.30. The molecule has 0 heterocycles. The van der Waals surface area contributed by atoms with E-state index < -0.39 is 12.7 Å². The van der Waals surface area contributed by atoms with E-state index in [-0.39, 0.29) is 31.1 Å². The quantitative estimate of drug-likeness (QED) is 0.525. The van der Waals surface area contributed by atoms with Gasteiger partial charge in [-0.15, -0.1) is 6.54 Å². The zero-order valence-corrected chi connectivity index (χ0v) is 11.8. The number of alkyl halides is 3. The normalized spacial score (nSPS) is 11.5. The van der Waals surface area contributed by atoms with Crippen LogP contribution in [0.1, 0.15) is 0 Å². The average Bonchev–Trinajstić information content (AvgIpc) is 1.84. The van der Waals surface area contributed by atoms with Crippen LogP contribution >= 0.6 is 0 Å². The van der Waals surface area contributed by atoms with Crippen LogP contribution in [0.25, 0.3) is 0 Å². The van der Waals surface area contributed by atoms with E-state index in [1.165, 1.54) is 11.9 Å². The van der Waals surface area contributed by atoms with Crippen molar-refractivity contribution in [1.82, 2.24) is 10.2 Å². The minimum atomic E-state index is -4.10. The van der Waals surface area contributed by atoms with Crippen LogP contribution in [0.2, 0.25) is 0 Å². The predicted octanol–water partition coefficient (Wildman–Crippen LogP) is 0.904. The van der Waals surface area contributed by atoms with Gasteiger partial charge in [0, 0.05) is 44.2 Å². The SMILES string of the molecule is [CH2-]CNCCN(C)CC(F)(F)F.[U]. The summed E-state index contributed by atoms with van der Waals surface area (Å²) in [4.78, 5) is 1.22. The molecule has 0 aromatic carbocycles. The number of nitrogens with zero attached hydrogens (tertiary/aromatic N) is 1. The van der Waals surface area contributed by atoms with Crippen molar-refractivity contribution < 1.29 is 44.3 Å².